The van der Waals surface area contributed by atoms with E-state index in [0.717, 1.165) is 10.6 Å². The van der Waals surface area contributed by atoms with Gasteiger partial charge in [-0.05, 0) is 32.0 Å². The summed E-state index contributed by atoms with van der Waals surface area (Å²) in [6, 6.07) is 4.61. The summed E-state index contributed by atoms with van der Waals surface area (Å²) < 4.78 is 5.04. The Labute approximate surface area is 166 Å². The van der Waals surface area contributed by atoms with Crippen molar-refractivity contribution in [2.45, 2.75) is 13.8 Å². The molecule has 0 aliphatic carbocycles. The monoisotopic (exact) mass is 415 g/mol. The van der Waals surface area contributed by atoms with Gasteiger partial charge < -0.3 is 15.0 Å². The molecule has 0 atom stereocenters. The van der Waals surface area contributed by atoms with Crippen molar-refractivity contribution in [3.8, 4) is 0 Å². The van der Waals surface area contributed by atoms with Gasteiger partial charge in [0.25, 0.3) is 5.91 Å². The number of benzene rings is 1. The highest BCUT2D eigenvalue weighted by Gasteiger charge is 2.21. The molecular formula is C17H19Cl2N3O3S. The number of ether oxygens (including phenoxy) is 1. The Morgan fingerprint density at radius 1 is 1.31 bits per heavy atom. The molecule has 2 amide bonds. The number of amides is 2. The van der Waals surface area contributed by atoms with Crippen molar-refractivity contribution in [1.29, 1.82) is 0 Å². The molecule has 0 bridgehead atoms. The van der Waals surface area contributed by atoms with Crippen LogP contribution in [0.15, 0.2) is 18.2 Å². The summed E-state index contributed by atoms with van der Waals surface area (Å²) in [6.07, 6.45) is 0. The predicted molar refractivity (Wildman–Crippen MR) is 104 cm³/mol. The first-order valence-electron chi connectivity index (χ1n) is 7.79. The molecule has 0 aliphatic heterocycles. The van der Waals surface area contributed by atoms with Crippen LogP contribution < -0.4 is 5.32 Å². The summed E-state index contributed by atoms with van der Waals surface area (Å²) in [4.78, 5) is 31.8. The maximum absolute atomic E-state index is 12.8. The van der Waals surface area contributed by atoms with Crippen molar-refractivity contribution in [1.82, 2.24) is 9.88 Å². The van der Waals surface area contributed by atoms with Crippen LogP contribution in [0.4, 0.5) is 5.13 Å². The van der Waals surface area contributed by atoms with Gasteiger partial charge in [0.1, 0.15) is 6.54 Å². The van der Waals surface area contributed by atoms with E-state index < -0.39 is 0 Å². The normalized spacial score (nSPS) is 10.7. The topological polar surface area (TPSA) is 71.5 Å². The lowest BCUT2D eigenvalue weighted by Crippen LogP contribution is -2.40. The number of aromatic nitrogens is 1. The molecule has 6 nitrogen and oxygen atoms in total. The first kappa shape index (κ1) is 20.6. The van der Waals surface area contributed by atoms with Gasteiger partial charge in [0.05, 0.1) is 22.9 Å². The average Bonchev–Trinajstić information content (AvgIpc) is 2.88. The zero-order valence-electron chi connectivity index (χ0n) is 14.6. The van der Waals surface area contributed by atoms with Gasteiger partial charge in [0, 0.05) is 23.6 Å². The molecular weight excluding hydrogens is 397 g/mol. The number of methoxy groups -OCH3 is 1. The van der Waals surface area contributed by atoms with Crippen LogP contribution in [0.3, 0.4) is 0 Å². The van der Waals surface area contributed by atoms with Crippen molar-refractivity contribution < 1.29 is 14.3 Å². The molecule has 0 unspecified atom stereocenters. The van der Waals surface area contributed by atoms with Crippen LogP contribution >= 0.6 is 34.5 Å². The molecule has 2 aromatic rings. The van der Waals surface area contributed by atoms with E-state index in [2.05, 4.69) is 10.3 Å². The molecule has 0 aliphatic rings. The van der Waals surface area contributed by atoms with Gasteiger partial charge in [-0.25, -0.2) is 4.98 Å². The van der Waals surface area contributed by atoms with E-state index in [9.17, 15) is 9.59 Å². The third-order valence-electron chi connectivity index (χ3n) is 3.62. The number of nitrogens with one attached hydrogen (secondary N) is 1. The molecule has 1 aromatic heterocycles. The smallest absolute Gasteiger partial charge is 0.255 e. The Hall–Kier alpha value is -1.67. The Balaban J connectivity index is 2.12. The lowest BCUT2D eigenvalue weighted by Gasteiger charge is -2.22. The number of nitrogens with zero attached hydrogens (tertiary/aromatic N) is 2. The van der Waals surface area contributed by atoms with Crippen molar-refractivity contribution in [3.63, 3.8) is 0 Å². The number of hydrogen-bond acceptors (Lipinski definition) is 5. The highest BCUT2D eigenvalue weighted by atomic mass is 35.5. The SMILES string of the molecule is COCCN(CC(=O)Nc1nc(C)c(C)s1)C(=O)c1ccc(Cl)cc1Cl. The van der Waals surface area contributed by atoms with Crippen molar-refractivity contribution in [2.75, 3.05) is 32.1 Å². The fourth-order valence-corrected chi connectivity index (χ4v) is 3.47. The van der Waals surface area contributed by atoms with Crippen LogP contribution in [0.2, 0.25) is 10.0 Å². The lowest BCUT2D eigenvalue weighted by atomic mass is 10.2. The summed E-state index contributed by atoms with van der Waals surface area (Å²) in [6.45, 7) is 4.20. The predicted octanol–water partition coefficient (Wildman–Crippen LogP) is 3.79. The second-order valence-electron chi connectivity index (χ2n) is 5.55. The van der Waals surface area contributed by atoms with E-state index >= 15 is 0 Å². The zero-order valence-corrected chi connectivity index (χ0v) is 17.0. The van der Waals surface area contributed by atoms with Gasteiger partial charge in [-0.2, -0.15) is 0 Å². The molecule has 0 saturated heterocycles. The third kappa shape index (κ3) is 5.41. The number of aryl methyl sites for hydroxylation is 2. The maximum Gasteiger partial charge on any atom is 0.255 e. The molecule has 140 valence electrons. The number of halogens is 2. The molecule has 0 radical (unpaired) electrons. The Kier molecular flexibility index (Phi) is 7.40. The Morgan fingerprint density at radius 3 is 2.62 bits per heavy atom. The third-order valence-corrected chi connectivity index (χ3v) is 5.16. The molecule has 1 aromatic carbocycles. The second-order valence-corrected chi connectivity index (χ2v) is 7.60. The molecule has 26 heavy (non-hydrogen) atoms. The number of anilines is 1. The first-order valence-corrected chi connectivity index (χ1v) is 9.36. The van der Waals surface area contributed by atoms with Crippen molar-refractivity contribution >= 4 is 51.5 Å². The van der Waals surface area contributed by atoms with Crippen LogP contribution in [-0.4, -0.2) is 48.5 Å². The summed E-state index contributed by atoms with van der Waals surface area (Å²) in [5.41, 5.74) is 1.14. The minimum atomic E-state index is -0.370. The first-order chi connectivity index (χ1) is 12.3. The van der Waals surface area contributed by atoms with Gasteiger partial charge in [-0.1, -0.05) is 23.2 Å². The van der Waals surface area contributed by atoms with Crippen LogP contribution in [0.5, 0.6) is 0 Å². The fourth-order valence-electron chi connectivity index (χ4n) is 2.15. The maximum atomic E-state index is 12.8. The van der Waals surface area contributed by atoms with Gasteiger partial charge in [0.2, 0.25) is 5.91 Å². The van der Waals surface area contributed by atoms with Crippen molar-refractivity contribution in [3.05, 3.63) is 44.4 Å². The summed E-state index contributed by atoms with van der Waals surface area (Å²) >= 11 is 13.4. The Morgan fingerprint density at radius 2 is 2.04 bits per heavy atom. The standard InChI is InChI=1S/C17H19Cl2N3O3S/c1-10-11(2)26-17(20-10)21-15(23)9-22(6-7-25-3)16(24)13-5-4-12(18)8-14(13)19/h4-5,8H,6-7,9H2,1-3H3,(H,20,21,23). The number of carbonyl (C=O) groups is 2. The van der Waals surface area contributed by atoms with Crippen molar-refractivity contribution in [2.24, 2.45) is 0 Å². The van der Waals surface area contributed by atoms with E-state index in [4.69, 9.17) is 27.9 Å². The summed E-state index contributed by atoms with van der Waals surface area (Å²) in [5, 5.41) is 3.89. The molecule has 1 N–H and O–H groups in total. The molecule has 1 heterocycles. The molecule has 0 spiro atoms. The number of thiazole rings is 1. The minimum Gasteiger partial charge on any atom is -0.383 e. The molecule has 2 rings (SSSR count). The van der Waals surface area contributed by atoms with E-state index in [1.54, 1.807) is 6.07 Å². The van der Waals surface area contributed by atoms with Gasteiger partial charge in [-0.3, -0.25) is 9.59 Å². The molecule has 0 saturated carbocycles. The second kappa shape index (κ2) is 9.32. The van der Waals surface area contributed by atoms with Crippen LogP contribution in [0, 0.1) is 13.8 Å². The number of hydrogen-bond donors (Lipinski definition) is 1. The van der Waals surface area contributed by atoms with E-state index in [-0.39, 0.29) is 35.5 Å². The van der Waals surface area contributed by atoms with Gasteiger partial charge in [-0.15, -0.1) is 11.3 Å². The highest BCUT2D eigenvalue weighted by molar-refractivity contribution is 7.15. The van der Waals surface area contributed by atoms with Crippen LogP contribution in [-0.2, 0) is 9.53 Å². The summed E-state index contributed by atoms with van der Waals surface area (Å²) in [7, 11) is 1.53. The van der Waals surface area contributed by atoms with Gasteiger partial charge >= 0.3 is 0 Å². The van der Waals surface area contributed by atoms with Gasteiger partial charge in [0.15, 0.2) is 5.13 Å². The quantitative estimate of drug-likeness (QED) is 0.746. The Bertz CT molecular complexity index is 791. The fraction of sp³-hybridized carbons (Fsp3) is 0.353. The molecule has 0 fully saturated rings. The van der Waals surface area contributed by atoms with E-state index in [0.29, 0.717) is 16.8 Å². The summed E-state index contributed by atoms with van der Waals surface area (Å²) in [5.74, 6) is -0.710. The zero-order chi connectivity index (χ0) is 19.3. The van der Waals surface area contributed by atoms with Crippen LogP contribution in [0.25, 0.3) is 0 Å². The lowest BCUT2D eigenvalue weighted by molar-refractivity contribution is -0.117. The number of rotatable bonds is 7. The molecule has 9 heteroatoms. The van der Waals surface area contributed by atoms with Crippen LogP contribution in [0.1, 0.15) is 20.9 Å². The largest absolute Gasteiger partial charge is 0.383 e. The average molecular weight is 416 g/mol. The van der Waals surface area contributed by atoms with E-state index in [1.807, 2.05) is 13.8 Å². The minimum absolute atomic E-state index is 0.140. The van der Waals surface area contributed by atoms with E-state index in [1.165, 1.54) is 35.5 Å². The number of carbonyl (C=O) groups excluding carboxylic acids is 2. The highest BCUT2D eigenvalue weighted by Crippen LogP contribution is 2.23.